The highest BCUT2D eigenvalue weighted by molar-refractivity contribution is 7.80. The van der Waals surface area contributed by atoms with Crippen LogP contribution in [0.3, 0.4) is 0 Å². The second-order valence-corrected chi connectivity index (χ2v) is 5.15. The molecule has 2 rings (SSSR count). The maximum absolute atomic E-state index is 5.47. The maximum Gasteiger partial charge on any atom is 0.149 e. The van der Waals surface area contributed by atoms with E-state index in [0.717, 1.165) is 10.7 Å². The van der Waals surface area contributed by atoms with Crippen molar-refractivity contribution in [3.8, 4) is 0 Å². The van der Waals surface area contributed by atoms with Gasteiger partial charge in [0.1, 0.15) is 11.1 Å². The predicted octanol–water partition coefficient (Wildman–Crippen LogP) is 3.02. The molecule has 0 spiro atoms. The van der Waals surface area contributed by atoms with Crippen LogP contribution in [0.5, 0.6) is 0 Å². The van der Waals surface area contributed by atoms with Crippen LogP contribution < -0.4 is 5.32 Å². The van der Waals surface area contributed by atoms with E-state index in [4.69, 9.17) is 17.0 Å². The minimum Gasteiger partial charge on any atom is -0.374 e. The standard InChI is InChI=1S/C14H20N2OS/c1-17-13(12-9-5-6-10-15-12)14(18)16-11-7-3-2-4-8-11/h5-6,9-11,13H,2-4,7-8H2,1H3,(H,16,18). The summed E-state index contributed by atoms with van der Waals surface area (Å²) in [5.74, 6) is 0. The summed E-state index contributed by atoms with van der Waals surface area (Å²) in [5.41, 5.74) is 0.869. The Bertz CT molecular complexity index is 377. The van der Waals surface area contributed by atoms with Gasteiger partial charge in [-0.1, -0.05) is 37.5 Å². The second-order valence-electron chi connectivity index (χ2n) is 4.71. The van der Waals surface area contributed by atoms with E-state index >= 15 is 0 Å². The predicted molar refractivity (Wildman–Crippen MR) is 76.6 cm³/mol. The maximum atomic E-state index is 5.47. The Morgan fingerprint density at radius 2 is 2.17 bits per heavy atom. The molecule has 0 saturated heterocycles. The average molecular weight is 264 g/mol. The van der Waals surface area contributed by atoms with Crippen LogP contribution in [0, 0.1) is 0 Å². The number of hydrogen-bond donors (Lipinski definition) is 1. The van der Waals surface area contributed by atoms with Crippen LogP contribution in [0.25, 0.3) is 0 Å². The van der Waals surface area contributed by atoms with Gasteiger partial charge in [-0.15, -0.1) is 0 Å². The Labute approximate surface area is 114 Å². The van der Waals surface area contributed by atoms with Crippen molar-refractivity contribution in [2.75, 3.05) is 7.11 Å². The molecule has 1 fully saturated rings. The first-order valence-electron chi connectivity index (χ1n) is 6.55. The van der Waals surface area contributed by atoms with Crippen LogP contribution in [-0.4, -0.2) is 23.1 Å². The molecule has 0 aromatic carbocycles. The van der Waals surface area contributed by atoms with Gasteiger partial charge in [0.05, 0.1) is 5.69 Å². The fourth-order valence-electron chi connectivity index (χ4n) is 2.42. The van der Waals surface area contributed by atoms with Crippen LogP contribution >= 0.6 is 12.2 Å². The van der Waals surface area contributed by atoms with Gasteiger partial charge < -0.3 is 10.1 Å². The molecule has 1 aliphatic rings. The topological polar surface area (TPSA) is 34.1 Å². The third kappa shape index (κ3) is 3.50. The molecule has 0 bridgehead atoms. The van der Waals surface area contributed by atoms with Crippen LogP contribution in [0.15, 0.2) is 24.4 Å². The van der Waals surface area contributed by atoms with Crippen LogP contribution in [0.1, 0.15) is 43.9 Å². The smallest absolute Gasteiger partial charge is 0.149 e. The SMILES string of the molecule is COC(C(=S)NC1CCCCC1)c1ccccn1. The number of ether oxygens (including phenoxy) is 1. The van der Waals surface area contributed by atoms with Gasteiger partial charge >= 0.3 is 0 Å². The molecule has 1 heterocycles. The van der Waals surface area contributed by atoms with Gasteiger partial charge in [-0.3, -0.25) is 4.98 Å². The molecule has 3 nitrogen and oxygen atoms in total. The molecule has 1 aliphatic carbocycles. The van der Waals surface area contributed by atoms with E-state index in [1.54, 1.807) is 13.3 Å². The number of nitrogens with zero attached hydrogens (tertiary/aromatic N) is 1. The fraction of sp³-hybridized carbons (Fsp3) is 0.571. The lowest BCUT2D eigenvalue weighted by atomic mass is 9.95. The molecule has 98 valence electrons. The lowest BCUT2D eigenvalue weighted by molar-refractivity contribution is 0.152. The average Bonchev–Trinajstić information content (AvgIpc) is 2.42. The number of pyridine rings is 1. The van der Waals surface area contributed by atoms with Gasteiger partial charge in [0.15, 0.2) is 0 Å². The lowest BCUT2D eigenvalue weighted by Gasteiger charge is -2.26. The Hall–Kier alpha value is -1.00. The van der Waals surface area contributed by atoms with Crippen molar-refractivity contribution < 1.29 is 4.74 Å². The van der Waals surface area contributed by atoms with E-state index in [1.165, 1.54) is 32.1 Å². The van der Waals surface area contributed by atoms with E-state index in [0.29, 0.717) is 6.04 Å². The molecule has 4 heteroatoms. The largest absolute Gasteiger partial charge is 0.374 e. The summed E-state index contributed by atoms with van der Waals surface area (Å²) in [5, 5.41) is 3.43. The first kappa shape index (κ1) is 13.4. The van der Waals surface area contributed by atoms with E-state index < -0.39 is 0 Å². The summed E-state index contributed by atoms with van der Waals surface area (Å²) in [6, 6.07) is 6.31. The highest BCUT2D eigenvalue weighted by Gasteiger charge is 2.21. The summed E-state index contributed by atoms with van der Waals surface area (Å²) in [7, 11) is 1.67. The highest BCUT2D eigenvalue weighted by Crippen LogP contribution is 2.20. The van der Waals surface area contributed by atoms with E-state index in [-0.39, 0.29) is 6.10 Å². The van der Waals surface area contributed by atoms with Gasteiger partial charge in [0.2, 0.25) is 0 Å². The Kier molecular flexibility index (Phi) is 5.08. The molecular weight excluding hydrogens is 244 g/mol. The zero-order valence-corrected chi connectivity index (χ0v) is 11.6. The van der Waals surface area contributed by atoms with Crippen molar-refractivity contribution in [1.29, 1.82) is 0 Å². The molecule has 1 atom stereocenters. The number of hydrogen-bond acceptors (Lipinski definition) is 3. The molecule has 0 aliphatic heterocycles. The van der Waals surface area contributed by atoms with E-state index in [9.17, 15) is 0 Å². The molecule has 1 saturated carbocycles. The highest BCUT2D eigenvalue weighted by atomic mass is 32.1. The molecule has 18 heavy (non-hydrogen) atoms. The monoisotopic (exact) mass is 264 g/mol. The molecule has 1 aromatic heterocycles. The molecule has 0 radical (unpaired) electrons. The third-order valence-corrected chi connectivity index (χ3v) is 3.71. The van der Waals surface area contributed by atoms with Crippen molar-refractivity contribution in [3.63, 3.8) is 0 Å². The Morgan fingerprint density at radius 3 is 2.78 bits per heavy atom. The summed E-state index contributed by atoms with van der Waals surface area (Å²) in [6.07, 6.45) is 7.88. The number of rotatable bonds is 4. The van der Waals surface area contributed by atoms with Gasteiger partial charge in [-0.2, -0.15) is 0 Å². The number of methoxy groups -OCH3 is 1. The van der Waals surface area contributed by atoms with E-state index in [2.05, 4.69) is 10.3 Å². The number of aromatic nitrogens is 1. The minimum absolute atomic E-state index is 0.233. The Balaban J connectivity index is 1.97. The van der Waals surface area contributed by atoms with Crippen molar-refractivity contribution in [1.82, 2.24) is 10.3 Å². The fourth-order valence-corrected chi connectivity index (χ4v) is 2.80. The molecule has 1 unspecified atom stereocenters. The van der Waals surface area contributed by atoms with E-state index in [1.807, 2.05) is 18.2 Å². The van der Waals surface area contributed by atoms with Gasteiger partial charge in [0.25, 0.3) is 0 Å². The molecular formula is C14H20N2OS. The summed E-state index contributed by atoms with van der Waals surface area (Å²) in [6.45, 7) is 0. The van der Waals surface area contributed by atoms with Crippen molar-refractivity contribution in [3.05, 3.63) is 30.1 Å². The van der Waals surface area contributed by atoms with Crippen LogP contribution in [0.4, 0.5) is 0 Å². The zero-order chi connectivity index (χ0) is 12.8. The lowest BCUT2D eigenvalue weighted by Crippen LogP contribution is -2.38. The third-order valence-electron chi connectivity index (χ3n) is 3.38. The van der Waals surface area contributed by atoms with Crippen molar-refractivity contribution >= 4 is 17.2 Å². The normalized spacial score (nSPS) is 18.3. The number of thiocarbonyl (C=S) groups is 1. The molecule has 1 aromatic rings. The minimum atomic E-state index is -0.233. The van der Waals surface area contributed by atoms with Gasteiger partial charge in [0, 0.05) is 19.3 Å². The zero-order valence-electron chi connectivity index (χ0n) is 10.8. The van der Waals surface area contributed by atoms with Crippen molar-refractivity contribution in [2.24, 2.45) is 0 Å². The second kappa shape index (κ2) is 6.81. The summed E-state index contributed by atoms with van der Waals surface area (Å²) >= 11 is 5.46. The number of nitrogens with one attached hydrogen (secondary N) is 1. The summed E-state index contributed by atoms with van der Waals surface area (Å²) < 4.78 is 5.47. The van der Waals surface area contributed by atoms with Crippen molar-refractivity contribution in [2.45, 2.75) is 44.2 Å². The molecule has 0 amide bonds. The van der Waals surface area contributed by atoms with Crippen LogP contribution in [-0.2, 0) is 4.74 Å². The first-order chi connectivity index (χ1) is 8.81. The van der Waals surface area contributed by atoms with Gasteiger partial charge in [-0.25, -0.2) is 0 Å². The Morgan fingerprint density at radius 1 is 1.39 bits per heavy atom. The molecule has 1 N–H and O–H groups in total. The van der Waals surface area contributed by atoms with Crippen LogP contribution in [0.2, 0.25) is 0 Å². The van der Waals surface area contributed by atoms with Gasteiger partial charge in [-0.05, 0) is 25.0 Å². The quantitative estimate of drug-likeness (QED) is 0.848. The first-order valence-corrected chi connectivity index (χ1v) is 6.96. The summed E-state index contributed by atoms with van der Waals surface area (Å²) in [4.78, 5) is 5.06.